The highest BCUT2D eigenvalue weighted by molar-refractivity contribution is 7.14. The van der Waals surface area contributed by atoms with Crippen LogP contribution in [-0.2, 0) is 25.6 Å². The fraction of sp³-hybridized carbons (Fsp3) is 0.312. The van der Waals surface area contributed by atoms with Gasteiger partial charge in [0.05, 0.1) is 10.4 Å². The van der Waals surface area contributed by atoms with Gasteiger partial charge in [0.25, 0.3) is 5.91 Å². The molecule has 0 bridgehead atoms. The Labute approximate surface area is 134 Å². The third kappa shape index (κ3) is 3.39. The number of benzene rings is 1. The standard InChI is InChI=1S/C16H13F4NOS/c17-11-5-4-10(12(7-11)16(18,19)20)8-21-15(22)14-6-9-2-1-3-13(9)23-14/h4-7H,1-3,8H2,(H,21,22). The minimum absolute atomic E-state index is 0.156. The van der Waals surface area contributed by atoms with E-state index in [1.807, 2.05) is 0 Å². The van der Waals surface area contributed by atoms with E-state index in [4.69, 9.17) is 0 Å². The molecule has 1 aliphatic rings. The molecule has 0 fully saturated rings. The molecule has 1 aromatic carbocycles. The molecule has 3 rings (SSSR count). The zero-order chi connectivity index (χ0) is 16.6. The van der Waals surface area contributed by atoms with Crippen LogP contribution in [0.4, 0.5) is 17.6 Å². The van der Waals surface area contributed by atoms with Crippen LogP contribution in [0.1, 0.15) is 37.7 Å². The molecule has 0 spiro atoms. The Bertz CT molecular complexity index is 730. The third-order valence-corrected chi connectivity index (χ3v) is 5.02. The van der Waals surface area contributed by atoms with Gasteiger partial charge < -0.3 is 5.32 Å². The average Bonchev–Trinajstić information content (AvgIpc) is 3.05. The predicted molar refractivity (Wildman–Crippen MR) is 78.9 cm³/mol. The molecule has 0 saturated carbocycles. The summed E-state index contributed by atoms with van der Waals surface area (Å²) in [5.41, 5.74) is -0.0688. The van der Waals surface area contributed by atoms with Gasteiger partial charge >= 0.3 is 6.18 Å². The summed E-state index contributed by atoms with van der Waals surface area (Å²) < 4.78 is 51.8. The molecule has 1 aliphatic carbocycles. The summed E-state index contributed by atoms with van der Waals surface area (Å²) in [5, 5.41) is 2.48. The van der Waals surface area contributed by atoms with Crippen LogP contribution in [0.25, 0.3) is 0 Å². The van der Waals surface area contributed by atoms with Crippen molar-refractivity contribution in [2.24, 2.45) is 0 Å². The molecule has 0 radical (unpaired) electrons. The first-order valence-electron chi connectivity index (χ1n) is 7.10. The number of halogens is 4. The lowest BCUT2D eigenvalue weighted by Crippen LogP contribution is -2.24. The molecule has 7 heteroatoms. The van der Waals surface area contributed by atoms with Crippen LogP contribution in [0, 0.1) is 5.82 Å². The van der Waals surface area contributed by atoms with E-state index in [-0.39, 0.29) is 12.1 Å². The van der Waals surface area contributed by atoms with Crippen molar-refractivity contribution in [2.75, 3.05) is 0 Å². The molecule has 1 amide bonds. The van der Waals surface area contributed by atoms with Gasteiger partial charge in [0.1, 0.15) is 5.82 Å². The highest BCUT2D eigenvalue weighted by Crippen LogP contribution is 2.33. The Morgan fingerprint density at radius 2 is 2.00 bits per heavy atom. The van der Waals surface area contributed by atoms with E-state index in [0.717, 1.165) is 37.0 Å². The fourth-order valence-electron chi connectivity index (χ4n) is 2.67. The van der Waals surface area contributed by atoms with Gasteiger partial charge in [-0.2, -0.15) is 13.2 Å². The van der Waals surface area contributed by atoms with Crippen LogP contribution in [0.5, 0.6) is 0 Å². The van der Waals surface area contributed by atoms with Crippen molar-refractivity contribution in [3.05, 3.63) is 56.5 Å². The summed E-state index contributed by atoms with van der Waals surface area (Å²) in [6, 6.07) is 4.25. The Hall–Kier alpha value is -1.89. The van der Waals surface area contributed by atoms with Crippen molar-refractivity contribution in [1.29, 1.82) is 0 Å². The lowest BCUT2D eigenvalue weighted by Gasteiger charge is -2.13. The SMILES string of the molecule is O=C(NCc1ccc(F)cc1C(F)(F)F)c1cc2c(s1)CCC2. The van der Waals surface area contributed by atoms with E-state index < -0.39 is 23.5 Å². The zero-order valence-corrected chi connectivity index (χ0v) is 12.8. The monoisotopic (exact) mass is 343 g/mol. The summed E-state index contributed by atoms with van der Waals surface area (Å²) in [7, 11) is 0. The highest BCUT2D eigenvalue weighted by Gasteiger charge is 2.33. The first kappa shape index (κ1) is 16.0. The van der Waals surface area contributed by atoms with E-state index in [0.29, 0.717) is 10.9 Å². The number of fused-ring (bicyclic) bond motifs is 1. The number of carbonyl (C=O) groups is 1. The quantitative estimate of drug-likeness (QED) is 0.826. The molecule has 0 unspecified atom stereocenters. The van der Waals surface area contributed by atoms with E-state index in [2.05, 4.69) is 5.32 Å². The topological polar surface area (TPSA) is 29.1 Å². The number of thiophene rings is 1. The van der Waals surface area contributed by atoms with E-state index >= 15 is 0 Å². The fourth-order valence-corrected chi connectivity index (χ4v) is 3.84. The number of hydrogen-bond donors (Lipinski definition) is 1. The van der Waals surface area contributed by atoms with Crippen molar-refractivity contribution < 1.29 is 22.4 Å². The third-order valence-electron chi connectivity index (χ3n) is 3.79. The summed E-state index contributed by atoms with van der Waals surface area (Å²) in [4.78, 5) is 13.8. The van der Waals surface area contributed by atoms with Gasteiger partial charge in [-0.15, -0.1) is 11.3 Å². The maximum absolute atomic E-state index is 13.0. The number of alkyl halides is 3. The second-order valence-electron chi connectivity index (χ2n) is 5.39. The molecular formula is C16H13F4NOS. The molecule has 0 aliphatic heterocycles. The minimum atomic E-state index is -4.66. The molecular weight excluding hydrogens is 330 g/mol. The molecule has 23 heavy (non-hydrogen) atoms. The van der Waals surface area contributed by atoms with Gasteiger partial charge in [-0.05, 0) is 48.6 Å². The predicted octanol–water partition coefficient (Wildman–Crippen LogP) is 4.32. The van der Waals surface area contributed by atoms with Crippen LogP contribution < -0.4 is 5.32 Å². The largest absolute Gasteiger partial charge is 0.416 e. The van der Waals surface area contributed by atoms with Gasteiger partial charge in [0.2, 0.25) is 0 Å². The van der Waals surface area contributed by atoms with Crippen LogP contribution in [0.3, 0.4) is 0 Å². The lowest BCUT2D eigenvalue weighted by atomic mass is 10.1. The van der Waals surface area contributed by atoms with Crippen molar-refractivity contribution in [1.82, 2.24) is 5.32 Å². The number of amides is 1. The van der Waals surface area contributed by atoms with Crippen LogP contribution in [0.15, 0.2) is 24.3 Å². The van der Waals surface area contributed by atoms with Gasteiger partial charge in [-0.25, -0.2) is 4.39 Å². The molecule has 2 aromatic rings. The molecule has 1 aromatic heterocycles. The van der Waals surface area contributed by atoms with Crippen LogP contribution in [0.2, 0.25) is 0 Å². The van der Waals surface area contributed by atoms with Crippen LogP contribution >= 0.6 is 11.3 Å². The van der Waals surface area contributed by atoms with E-state index in [9.17, 15) is 22.4 Å². The summed E-state index contributed by atoms with van der Waals surface area (Å²) in [5.74, 6) is -1.36. The first-order valence-corrected chi connectivity index (χ1v) is 7.91. The number of rotatable bonds is 3. The van der Waals surface area contributed by atoms with Gasteiger partial charge in [0.15, 0.2) is 0 Å². The van der Waals surface area contributed by atoms with Crippen molar-refractivity contribution in [3.63, 3.8) is 0 Å². The molecule has 122 valence electrons. The Kier molecular flexibility index (Phi) is 4.14. The first-order chi connectivity index (χ1) is 10.8. The minimum Gasteiger partial charge on any atom is -0.347 e. The number of hydrogen-bond acceptors (Lipinski definition) is 2. The van der Waals surface area contributed by atoms with Crippen molar-refractivity contribution in [3.8, 4) is 0 Å². The molecule has 1 heterocycles. The molecule has 2 nitrogen and oxygen atoms in total. The second kappa shape index (κ2) is 5.96. The van der Waals surface area contributed by atoms with Crippen molar-refractivity contribution >= 4 is 17.2 Å². The van der Waals surface area contributed by atoms with Crippen LogP contribution in [-0.4, -0.2) is 5.91 Å². The summed E-state index contributed by atoms with van der Waals surface area (Å²) in [6.07, 6.45) is -1.70. The van der Waals surface area contributed by atoms with Crippen molar-refractivity contribution in [2.45, 2.75) is 32.0 Å². The zero-order valence-electron chi connectivity index (χ0n) is 12.0. The molecule has 0 saturated heterocycles. The second-order valence-corrected chi connectivity index (χ2v) is 6.53. The Morgan fingerprint density at radius 3 is 2.70 bits per heavy atom. The normalized spacial score (nSPS) is 13.9. The summed E-state index contributed by atoms with van der Waals surface area (Å²) >= 11 is 1.38. The lowest BCUT2D eigenvalue weighted by molar-refractivity contribution is -0.138. The van der Waals surface area contributed by atoms with E-state index in [1.165, 1.54) is 16.2 Å². The average molecular weight is 343 g/mol. The van der Waals surface area contributed by atoms with E-state index in [1.54, 1.807) is 6.07 Å². The summed E-state index contributed by atoms with van der Waals surface area (Å²) in [6.45, 7) is -0.295. The number of aryl methyl sites for hydroxylation is 2. The smallest absolute Gasteiger partial charge is 0.347 e. The highest BCUT2D eigenvalue weighted by atomic mass is 32.1. The molecule has 1 N–H and O–H groups in total. The number of nitrogens with one attached hydrogen (secondary N) is 1. The number of carbonyl (C=O) groups excluding carboxylic acids is 1. The Morgan fingerprint density at radius 1 is 1.22 bits per heavy atom. The van der Waals surface area contributed by atoms with Gasteiger partial charge in [-0.3, -0.25) is 4.79 Å². The maximum Gasteiger partial charge on any atom is 0.416 e. The van der Waals surface area contributed by atoms with Gasteiger partial charge in [-0.1, -0.05) is 6.07 Å². The Balaban J connectivity index is 1.74. The molecule has 0 atom stereocenters. The van der Waals surface area contributed by atoms with Gasteiger partial charge in [0, 0.05) is 11.4 Å². The maximum atomic E-state index is 13.0.